The van der Waals surface area contributed by atoms with Gasteiger partial charge in [-0.15, -0.1) is 0 Å². The second kappa shape index (κ2) is 4.89. The Kier molecular flexibility index (Phi) is 3.78. The number of halogens is 2. The van der Waals surface area contributed by atoms with Crippen LogP contribution < -0.4 is 10.1 Å². The fourth-order valence-electron chi connectivity index (χ4n) is 0.969. The number of aliphatic hydroxyl groups is 1. The molecule has 6 heteroatoms. The number of methoxy groups -OCH3 is 1. The van der Waals surface area contributed by atoms with E-state index < -0.39 is 18.4 Å². The Morgan fingerprint density at radius 1 is 1.44 bits per heavy atom. The topological polar surface area (TPSA) is 58.6 Å². The molecule has 0 aromatic heterocycles. The zero-order valence-electron chi connectivity index (χ0n) is 8.54. The van der Waals surface area contributed by atoms with Gasteiger partial charge in [-0.1, -0.05) is 0 Å². The van der Waals surface area contributed by atoms with Crippen molar-refractivity contribution >= 4 is 11.6 Å². The summed E-state index contributed by atoms with van der Waals surface area (Å²) in [6.45, 7) is -1.52. The Hall–Kier alpha value is -1.69. The van der Waals surface area contributed by atoms with Crippen molar-refractivity contribution in [2.75, 3.05) is 19.0 Å². The smallest absolute Gasteiger partial charge is 0.347 e. The Balaban J connectivity index is 2.70. The van der Waals surface area contributed by atoms with Crippen LogP contribution in [0.25, 0.3) is 0 Å². The van der Waals surface area contributed by atoms with E-state index in [1.54, 1.807) is 0 Å². The van der Waals surface area contributed by atoms with Crippen molar-refractivity contribution in [2.45, 2.75) is 5.92 Å². The average molecular weight is 231 g/mol. The Morgan fingerprint density at radius 3 is 2.44 bits per heavy atom. The number of hydrogen-bond acceptors (Lipinski definition) is 3. The molecule has 88 valence electrons. The molecule has 1 aromatic carbocycles. The number of carbonyl (C=O) groups is 1. The molecule has 0 heterocycles. The van der Waals surface area contributed by atoms with E-state index in [0.29, 0.717) is 5.75 Å². The predicted octanol–water partition coefficient (Wildman–Crippen LogP) is 1.26. The fourth-order valence-corrected chi connectivity index (χ4v) is 0.969. The molecule has 0 unspecified atom stereocenters. The second-order valence-electron chi connectivity index (χ2n) is 3.05. The van der Waals surface area contributed by atoms with Crippen LogP contribution in [0, 0.1) is 0 Å². The highest BCUT2D eigenvalue weighted by molar-refractivity contribution is 5.96. The third-order valence-electron chi connectivity index (χ3n) is 1.88. The van der Waals surface area contributed by atoms with Crippen molar-refractivity contribution in [2.24, 2.45) is 0 Å². The summed E-state index contributed by atoms with van der Waals surface area (Å²) in [5.41, 5.74) is 0.207. The van der Waals surface area contributed by atoms with Crippen molar-refractivity contribution < 1.29 is 23.4 Å². The quantitative estimate of drug-likeness (QED) is 0.820. The summed E-state index contributed by atoms with van der Waals surface area (Å²) in [5.74, 6) is -4.77. The summed E-state index contributed by atoms with van der Waals surface area (Å²) in [6.07, 6.45) is 0. The standard InChI is InChI=1S/C10H11F2NO3/c1-16-8-4-2-7(3-5-8)13-9(15)10(11,12)6-14/h2-5,14H,6H2,1H3,(H,13,15). The molecule has 0 aliphatic rings. The van der Waals surface area contributed by atoms with Gasteiger partial charge in [-0.05, 0) is 24.3 Å². The van der Waals surface area contributed by atoms with Gasteiger partial charge in [-0.2, -0.15) is 8.78 Å². The SMILES string of the molecule is COc1ccc(NC(=O)C(F)(F)CO)cc1. The summed E-state index contributed by atoms with van der Waals surface area (Å²) in [7, 11) is 1.47. The molecule has 0 atom stereocenters. The lowest BCUT2D eigenvalue weighted by molar-refractivity contribution is -0.144. The van der Waals surface area contributed by atoms with Gasteiger partial charge in [0, 0.05) is 5.69 Å². The highest BCUT2D eigenvalue weighted by Gasteiger charge is 2.37. The summed E-state index contributed by atoms with van der Waals surface area (Å²) in [4.78, 5) is 11.0. The predicted molar refractivity (Wildman–Crippen MR) is 53.7 cm³/mol. The first kappa shape index (κ1) is 12.4. The number of benzene rings is 1. The first-order valence-corrected chi connectivity index (χ1v) is 4.44. The number of rotatable bonds is 4. The third kappa shape index (κ3) is 2.90. The molecule has 16 heavy (non-hydrogen) atoms. The first-order valence-electron chi connectivity index (χ1n) is 4.44. The van der Waals surface area contributed by atoms with Gasteiger partial charge in [0.05, 0.1) is 7.11 Å². The molecule has 0 spiro atoms. The molecule has 1 aromatic rings. The maximum atomic E-state index is 12.7. The van der Waals surface area contributed by atoms with Crippen molar-refractivity contribution in [3.63, 3.8) is 0 Å². The Morgan fingerprint density at radius 2 is 2.00 bits per heavy atom. The molecule has 0 saturated carbocycles. The minimum absolute atomic E-state index is 0.207. The first-order chi connectivity index (χ1) is 7.49. The minimum atomic E-state index is -3.78. The molecule has 0 aliphatic heterocycles. The van der Waals surface area contributed by atoms with Crippen LogP contribution in [-0.2, 0) is 4.79 Å². The van der Waals surface area contributed by atoms with Crippen molar-refractivity contribution in [3.05, 3.63) is 24.3 Å². The number of alkyl halides is 2. The number of carbonyl (C=O) groups excluding carboxylic acids is 1. The van der Waals surface area contributed by atoms with E-state index in [9.17, 15) is 13.6 Å². The fraction of sp³-hybridized carbons (Fsp3) is 0.300. The monoisotopic (exact) mass is 231 g/mol. The molecule has 4 nitrogen and oxygen atoms in total. The molecule has 0 bridgehead atoms. The van der Waals surface area contributed by atoms with Crippen LogP contribution in [0.4, 0.5) is 14.5 Å². The summed E-state index contributed by atoms with van der Waals surface area (Å²) in [6, 6.07) is 5.88. The van der Waals surface area contributed by atoms with E-state index in [4.69, 9.17) is 9.84 Å². The second-order valence-corrected chi connectivity index (χ2v) is 3.05. The van der Waals surface area contributed by atoms with Gasteiger partial charge in [-0.3, -0.25) is 4.79 Å². The van der Waals surface area contributed by atoms with Crippen molar-refractivity contribution in [3.8, 4) is 5.75 Å². The van der Waals surface area contributed by atoms with E-state index in [1.807, 2.05) is 5.32 Å². The van der Waals surface area contributed by atoms with Gasteiger partial charge >= 0.3 is 5.92 Å². The highest BCUT2D eigenvalue weighted by atomic mass is 19.3. The zero-order valence-corrected chi connectivity index (χ0v) is 8.54. The van der Waals surface area contributed by atoms with Crippen molar-refractivity contribution in [1.82, 2.24) is 0 Å². The van der Waals surface area contributed by atoms with E-state index in [-0.39, 0.29) is 5.69 Å². The average Bonchev–Trinajstić information content (AvgIpc) is 2.30. The molecule has 1 amide bonds. The number of nitrogens with one attached hydrogen (secondary N) is 1. The van der Waals surface area contributed by atoms with Gasteiger partial charge in [-0.25, -0.2) is 0 Å². The molecular weight excluding hydrogens is 220 g/mol. The van der Waals surface area contributed by atoms with Gasteiger partial charge in [0.15, 0.2) is 0 Å². The van der Waals surface area contributed by atoms with Gasteiger partial charge < -0.3 is 15.2 Å². The molecule has 0 saturated heterocycles. The number of hydrogen-bond donors (Lipinski definition) is 2. The number of ether oxygens (including phenoxy) is 1. The maximum Gasteiger partial charge on any atom is 0.347 e. The number of aliphatic hydroxyl groups excluding tert-OH is 1. The summed E-state index contributed by atoms with van der Waals surface area (Å²) in [5, 5.41) is 10.3. The maximum absolute atomic E-state index is 12.7. The van der Waals surface area contributed by atoms with Crippen LogP contribution in [0.2, 0.25) is 0 Å². The lowest BCUT2D eigenvalue weighted by atomic mass is 10.2. The van der Waals surface area contributed by atoms with E-state index in [1.165, 1.54) is 31.4 Å². The van der Waals surface area contributed by atoms with E-state index in [0.717, 1.165) is 0 Å². The van der Waals surface area contributed by atoms with Gasteiger partial charge in [0.25, 0.3) is 5.91 Å². The van der Waals surface area contributed by atoms with Gasteiger partial charge in [0.2, 0.25) is 0 Å². The Bertz CT molecular complexity index is 365. The summed E-state index contributed by atoms with van der Waals surface area (Å²) >= 11 is 0. The molecule has 0 radical (unpaired) electrons. The molecule has 2 N–H and O–H groups in total. The third-order valence-corrected chi connectivity index (χ3v) is 1.88. The molecular formula is C10H11F2NO3. The van der Waals surface area contributed by atoms with Crippen LogP contribution in [0.1, 0.15) is 0 Å². The van der Waals surface area contributed by atoms with Crippen LogP contribution in [-0.4, -0.2) is 30.7 Å². The highest BCUT2D eigenvalue weighted by Crippen LogP contribution is 2.18. The minimum Gasteiger partial charge on any atom is -0.497 e. The molecule has 0 aliphatic carbocycles. The van der Waals surface area contributed by atoms with Crippen molar-refractivity contribution in [1.29, 1.82) is 0 Å². The van der Waals surface area contributed by atoms with E-state index in [2.05, 4.69) is 0 Å². The number of amides is 1. The molecule has 0 fully saturated rings. The van der Waals surface area contributed by atoms with E-state index >= 15 is 0 Å². The largest absolute Gasteiger partial charge is 0.497 e. The van der Waals surface area contributed by atoms with Crippen LogP contribution in [0.15, 0.2) is 24.3 Å². The molecule has 1 rings (SSSR count). The normalized spacial score (nSPS) is 11.0. The van der Waals surface area contributed by atoms with Crippen LogP contribution >= 0.6 is 0 Å². The lowest BCUT2D eigenvalue weighted by Gasteiger charge is -2.13. The zero-order chi connectivity index (χ0) is 12.2. The number of anilines is 1. The van der Waals surface area contributed by atoms with Crippen LogP contribution in [0.5, 0.6) is 5.75 Å². The Labute approximate surface area is 90.8 Å². The van der Waals surface area contributed by atoms with Gasteiger partial charge in [0.1, 0.15) is 12.4 Å². The van der Waals surface area contributed by atoms with Crippen LogP contribution in [0.3, 0.4) is 0 Å². The summed E-state index contributed by atoms with van der Waals surface area (Å²) < 4.78 is 30.2. The lowest BCUT2D eigenvalue weighted by Crippen LogP contribution is -2.37.